The molecule has 1 aromatic rings. The highest BCUT2D eigenvalue weighted by Crippen LogP contribution is 2.30. The molecule has 1 N–H and O–H groups in total. The number of pyridine rings is 1. The minimum Gasteiger partial charge on any atom is -0.353 e. The smallest absolute Gasteiger partial charge is 0.147 e. The second-order valence-electron chi connectivity index (χ2n) is 5.86. The van der Waals surface area contributed by atoms with Gasteiger partial charge in [-0.2, -0.15) is 0 Å². The summed E-state index contributed by atoms with van der Waals surface area (Å²) in [5, 5.41) is 4.19. The second kappa shape index (κ2) is 6.58. The highest BCUT2D eigenvalue weighted by Gasteiger charge is 2.23. The molecule has 2 rings (SSSR count). The van der Waals surface area contributed by atoms with E-state index < -0.39 is 0 Å². The topological polar surface area (TPSA) is 28.2 Å². The van der Waals surface area contributed by atoms with Gasteiger partial charge in [0.25, 0.3) is 0 Å². The highest BCUT2D eigenvalue weighted by atomic mass is 35.5. The normalized spacial score (nSPS) is 19.4. The molecular formula is C15H24ClN3. The van der Waals surface area contributed by atoms with Crippen LogP contribution in [-0.4, -0.2) is 24.1 Å². The van der Waals surface area contributed by atoms with Crippen molar-refractivity contribution in [3.8, 4) is 0 Å². The minimum absolute atomic E-state index is 0.551. The number of nitrogens with one attached hydrogen (secondary N) is 1. The number of hydrogen-bond donors (Lipinski definition) is 1. The van der Waals surface area contributed by atoms with Crippen LogP contribution in [0, 0.1) is 5.92 Å². The zero-order valence-electron chi connectivity index (χ0n) is 12.1. The van der Waals surface area contributed by atoms with Gasteiger partial charge in [-0.05, 0) is 43.9 Å². The first-order valence-electron chi connectivity index (χ1n) is 7.19. The summed E-state index contributed by atoms with van der Waals surface area (Å²) >= 11 is 6.38. The zero-order valence-corrected chi connectivity index (χ0v) is 12.9. The van der Waals surface area contributed by atoms with E-state index in [4.69, 9.17) is 11.6 Å². The molecule has 2 heterocycles. The maximum atomic E-state index is 6.38. The molecule has 1 aromatic heterocycles. The number of halogens is 1. The van der Waals surface area contributed by atoms with Crippen molar-refractivity contribution in [3.05, 3.63) is 22.8 Å². The zero-order chi connectivity index (χ0) is 13.8. The third-order valence-corrected chi connectivity index (χ3v) is 3.86. The van der Waals surface area contributed by atoms with E-state index in [0.29, 0.717) is 12.0 Å². The van der Waals surface area contributed by atoms with E-state index in [1.807, 2.05) is 12.3 Å². The summed E-state index contributed by atoms with van der Waals surface area (Å²) in [5.74, 6) is 1.60. The molecule has 4 heteroatoms. The average molecular weight is 282 g/mol. The van der Waals surface area contributed by atoms with Gasteiger partial charge < -0.3 is 10.2 Å². The van der Waals surface area contributed by atoms with Crippen LogP contribution in [0.15, 0.2) is 12.3 Å². The molecule has 1 unspecified atom stereocenters. The molecule has 1 atom stereocenters. The number of anilines is 1. The highest BCUT2D eigenvalue weighted by molar-refractivity contribution is 6.33. The fourth-order valence-corrected chi connectivity index (χ4v) is 2.83. The van der Waals surface area contributed by atoms with E-state index >= 15 is 0 Å². The molecule has 0 bridgehead atoms. The first-order chi connectivity index (χ1) is 9.08. The SMILES string of the molecule is CC(C)CNCc1cnc(N2CCCC2C)c(Cl)c1. The van der Waals surface area contributed by atoms with Crippen LogP contribution >= 0.6 is 11.6 Å². The summed E-state index contributed by atoms with van der Waals surface area (Å²) < 4.78 is 0. The largest absolute Gasteiger partial charge is 0.353 e. The van der Waals surface area contributed by atoms with Gasteiger partial charge in [-0.3, -0.25) is 0 Å². The van der Waals surface area contributed by atoms with Crippen LogP contribution in [0.25, 0.3) is 0 Å². The number of rotatable bonds is 5. The molecule has 0 saturated carbocycles. The van der Waals surface area contributed by atoms with Gasteiger partial charge in [0.1, 0.15) is 5.82 Å². The first-order valence-corrected chi connectivity index (χ1v) is 7.57. The van der Waals surface area contributed by atoms with Crippen molar-refractivity contribution < 1.29 is 0 Å². The molecular weight excluding hydrogens is 258 g/mol. The van der Waals surface area contributed by atoms with Gasteiger partial charge in [0.2, 0.25) is 0 Å². The minimum atomic E-state index is 0.551. The van der Waals surface area contributed by atoms with Gasteiger partial charge in [0.05, 0.1) is 5.02 Å². The van der Waals surface area contributed by atoms with Gasteiger partial charge in [-0.25, -0.2) is 4.98 Å². The average Bonchev–Trinajstić information content (AvgIpc) is 2.75. The third kappa shape index (κ3) is 3.83. The van der Waals surface area contributed by atoms with Gasteiger partial charge >= 0.3 is 0 Å². The van der Waals surface area contributed by atoms with Crippen LogP contribution in [0.2, 0.25) is 5.02 Å². The third-order valence-electron chi connectivity index (χ3n) is 3.59. The lowest BCUT2D eigenvalue weighted by atomic mass is 10.2. The van der Waals surface area contributed by atoms with E-state index in [0.717, 1.165) is 36.0 Å². The fourth-order valence-electron chi connectivity index (χ4n) is 2.53. The molecule has 1 fully saturated rings. The Kier molecular flexibility index (Phi) is 5.06. The van der Waals surface area contributed by atoms with Crippen molar-refractivity contribution in [3.63, 3.8) is 0 Å². The Balaban J connectivity index is 2.00. The van der Waals surface area contributed by atoms with Gasteiger partial charge in [-0.1, -0.05) is 25.4 Å². The Morgan fingerprint density at radius 2 is 2.32 bits per heavy atom. The number of nitrogens with zero attached hydrogens (tertiary/aromatic N) is 2. The van der Waals surface area contributed by atoms with Crippen LogP contribution in [-0.2, 0) is 6.54 Å². The van der Waals surface area contributed by atoms with E-state index in [1.165, 1.54) is 12.8 Å². The van der Waals surface area contributed by atoms with Crippen molar-refractivity contribution in [2.75, 3.05) is 18.0 Å². The fraction of sp³-hybridized carbons (Fsp3) is 0.667. The summed E-state index contributed by atoms with van der Waals surface area (Å²) in [6.07, 6.45) is 4.41. The maximum absolute atomic E-state index is 6.38. The lowest BCUT2D eigenvalue weighted by Gasteiger charge is -2.23. The van der Waals surface area contributed by atoms with E-state index in [2.05, 4.69) is 36.0 Å². The summed E-state index contributed by atoms with van der Waals surface area (Å²) in [6.45, 7) is 9.57. The Morgan fingerprint density at radius 1 is 1.53 bits per heavy atom. The van der Waals surface area contributed by atoms with Crippen molar-refractivity contribution in [2.45, 2.75) is 46.2 Å². The Morgan fingerprint density at radius 3 is 2.89 bits per heavy atom. The van der Waals surface area contributed by atoms with Gasteiger partial charge in [-0.15, -0.1) is 0 Å². The number of hydrogen-bond acceptors (Lipinski definition) is 3. The predicted octanol–water partition coefficient (Wildman–Crippen LogP) is 3.47. The summed E-state index contributed by atoms with van der Waals surface area (Å²) in [4.78, 5) is 6.88. The van der Waals surface area contributed by atoms with E-state index in [1.54, 1.807) is 0 Å². The molecule has 3 nitrogen and oxygen atoms in total. The Bertz CT molecular complexity index is 420. The van der Waals surface area contributed by atoms with Crippen molar-refractivity contribution in [2.24, 2.45) is 5.92 Å². The molecule has 0 radical (unpaired) electrons. The molecule has 1 saturated heterocycles. The van der Waals surface area contributed by atoms with E-state index in [-0.39, 0.29) is 0 Å². The first kappa shape index (κ1) is 14.6. The van der Waals surface area contributed by atoms with Crippen LogP contribution in [0.1, 0.15) is 39.2 Å². The molecule has 0 aliphatic carbocycles. The molecule has 1 aliphatic rings. The summed E-state index contributed by atoms with van der Waals surface area (Å²) in [7, 11) is 0. The molecule has 1 aliphatic heterocycles. The molecule has 19 heavy (non-hydrogen) atoms. The number of aromatic nitrogens is 1. The van der Waals surface area contributed by atoms with Crippen molar-refractivity contribution in [1.82, 2.24) is 10.3 Å². The van der Waals surface area contributed by atoms with Gasteiger partial charge in [0.15, 0.2) is 0 Å². The second-order valence-corrected chi connectivity index (χ2v) is 6.27. The van der Waals surface area contributed by atoms with Crippen LogP contribution in [0.4, 0.5) is 5.82 Å². The monoisotopic (exact) mass is 281 g/mol. The summed E-state index contributed by atoms with van der Waals surface area (Å²) in [6, 6.07) is 2.59. The van der Waals surface area contributed by atoms with Gasteiger partial charge in [0, 0.05) is 25.3 Å². The van der Waals surface area contributed by atoms with Crippen LogP contribution in [0.3, 0.4) is 0 Å². The van der Waals surface area contributed by atoms with Crippen LogP contribution < -0.4 is 10.2 Å². The molecule has 106 valence electrons. The quantitative estimate of drug-likeness (QED) is 0.896. The van der Waals surface area contributed by atoms with Crippen LogP contribution in [0.5, 0.6) is 0 Å². The lowest BCUT2D eigenvalue weighted by molar-refractivity contribution is 0.552. The van der Waals surface area contributed by atoms with Crippen molar-refractivity contribution in [1.29, 1.82) is 0 Å². The molecule has 0 amide bonds. The standard InChI is InChI=1S/C15H24ClN3/c1-11(2)8-17-9-13-7-14(16)15(18-10-13)19-6-4-5-12(19)3/h7,10-12,17H,4-6,8-9H2,1-3H3. The Labute approximate surface area is 121 Å². The van der Waals surface area contributed by atoms with E-state index in [9.17, 15) is 0 Å². The van der Waals surface area contributed by atoms with Crippen molar-refractivity contribution >= 4 is 17.4 Å². The molecule has 0 spiro atoms. The lowest BCUT2D eigenvalue weighted by Crippen LogP contribution is -2.27. The Hall–Kier alpha value is -0.800. The molecule has 0 aromatic carbocycles. The summed E-state index contributed by atoms with van der Waals surface area (Å²) in [5.41, 5.74) is 1.15. The predicted molar refractivity (Wildman–Crippen MR) is 81.8 cm³/mol. The maximum Gasteiger partial charge on any atom is 0.147 e.